The SMILES string of the molecule is C=C1CC(=O)[C@@H]2[C@@H]3CC[C@H](C)[C@]12CC3(C)C. The van der Waals surface area contributed by atoms with E-state index < -0.39 is 0 Å². The third-order valence-corrected chi connectivity index (χ3v) is 5.89. The van der Waals surface area contributed by atoms with Gasteiger partial charge in [-0.2, -0.15) is 0 Å². The van der Waals surface area contributed by atoms with Crippen LogP contribution in [0.3, 0.4) is 0 Å². The highest BCUT2D eigenvalue weighted by Gasteiger charge is 2.67. The minimum atomic E-state index is 0.184. The Morgan fingerprint density at radius 3 is 2.62 bits per heavy atom. The predicted molar refractivity (Wildman–Crippen MR) is 65.0 cm³/mol. The van der Waals surface area contributed by atoms with Gasteiger partial charge in [0.2, 0.25) is 0 Å². The van der Waals surface area contributed by atoms with Gasteiger partial charge in [-0.3, -0.25) is 4.79 Å². The maximum atomic E-state index is 12.2. The average Bonchev–Trinajstić information content (AvgIpc) is 2.52. The van der Waals surface area contributed by atoms with Crippen LogP contribution in [0.4, 0.5) is 0 Å². The van der Waals surface area contributed by atoms with E-state index >= 15 is 0 Å². The molecule has 0 aromatic rings. The van der Waals surface area contributed by atoms with E-state index in [9.17, 15) is 4.79 Å². The lowest BCUT2D eigenvalue weighted by molar-refractivity contribution is -0.125. The summed E-state index contributed by atoms with van der Waals surface area (Å²) in [5.74, 6) is 2.09. The van der Waals surface area contributed by atoms with Crippen LogP contribution in [0.5, 0.6) is 0 Å². The predicted octanol–water partition coefficient (Wildman–Crippen LogP) is 3.59. The normalized spacial score (nSPS) is 49.6. The molecule has 0 heterocycles. The number of hydrogen-bond acceptors (Lipinski definition) is 1. The fourth-order valence-electron chi connectivity index (χ4n) is 5.22. The first kappa shape index (κ1) is 10.6. The van der Waals surface area contributed by atoms with Crippen molar-refractivity contribution < 1.29 is 4.79 Å². The second-order valence-electron chi connectivity index (χ2n) is 7.01. The van der Waals surface area contributed by atoms with Gasteiger partial charge in [0.05, 0.1) is 0 Å². The zero-order valence-electron chi connectivity index (χ0n) is 10.7. The number of allylic oxidation sites excluding steroid dienone is 1. The number of hydrogen-bond donors (Lipinski definition) is 0. The molecule has 1 heteroatoms. The minimum Gasteiger partial charge on any atom is -0.299 e. The largest absolute Gasteiger partial charge is 0.299 e. The minimum absolute atomic E-state index is 0.184. The standard InChI is InChI=1S/C15H22O/c1-9-5-6-11-13-12(16)7-10(2)15(9,13)8-14(11,3)4/h9,11,13H,2,5-8H2,1,3-4H3/t9-,11-,13-,15+/m0/s1. The van der Waals surface area contributed by atoms with E-state index in [1.165, 1.54) is 24.8 Å². The maximum Gasteiger partial charge on any atom is 0.141 e. The molecule has 2 bridgehead atoms. The fraction of sp³-hybridized carbons (Fsp3) is 0.800. The summed E-state index contributed by atoms with van der Waals surface area (Å²) in [6.45, 7) is 11.3. The van der Waals surface area contributed by atoms with Gasteiger partial charge in [-0.25, -0.2) is 0 Å². The zero-order chi connectivity index (χ0) is 11.7. The molecule has 3 saturated carbocycles. The Bertz CT molecular complexity index is 379. The third kappa shape index (κ3) is 0.959. The first-order valence-electron chi connectivity index (χ1n) is 6.60. The highest BCUT2D eigenvalue weighted by atomic mass is 16.1. The molecule has 88 valence electrons. The zero-order valence-corrected chi connectivity index (χ0v) is 10.7. The summed E-state index contributed by atoms with van der Waals surface area (Å²) >= 11 is 0. The lowest BCUT2D eigenvalue weighted by Gasteiger charge is -2.41. The summed E-state index contributed by atoms with van der Waals surface area (Å²) in [6, 6.07) is 0. The Kier molecular flexibility index (Phi) is 1.85. The summed E-state index contributed by atoms with van der Waals surface area (Å²) in [6.07, 6.45) is 4.40. The third-order valence-electron chi connectivity index (χ3n) is 5.89. The van der Waals surface area contributed by atoms with Gasteiger partial charge in [-0.1, -0.05) is 32.9 Å². The van der Waals surface area contributed by atoms with Crippen LogP contribution >= 0.6 is 0 Å². The molecule has 1 nitrogen and oxygen atoms in total. The van der Waals surface area contributed by atoms with Crippen molar-refractivity contribution in [2.75, 3.05) is 0 Å². The van der Waals surface area contributed by atoms with Crippen LogP contribution in [0.15, 0.2) is 12.2 Å². The molecule has 3 aliphatic carbocycles. The highest BCUT2D eigenvalue weighted by Crippen LogP contribution is 2.71. The van der Waals surface area contributed by atoms with Crippen molar-refractivity contribution in [3.8, 4) is 0 Å². The molecule has 0 spiro atoms. The van der Waals surface area contributed by atoms with Gasteiger partial charge in [-0.15, -0.1) is 0 Å². The van der Waals surface area contributed by atoms with Crippen molar-refractivity contribution in [2.45, 2.75) is 46.5 Å². The van der Waals surface area contributed by atoms with Crippen LogP contribution in [-0.4, -0.2) is 5.78 Å². The molecule has 0 saturated heterocycles. The monoisotopic (exact) mass is 218 g/mol. The summed E-state index contributed by atoms with van der Waals surface area (Å²) < 4.78 is 0. The molecule has 0 N–H and O–H groups in total. The fourth-order valence-corrected chi connectivity index (χ4v) is 5.22. The second-order valence-corrected chi connectivity index (χ2v) is 7.01. The summed E-state index contributed by atoms with van der Waals surface area (Å²) in [4.78, 5) is 12.2. The smallest absolute Gasteiger partial charge is 0.141 e. The summed E-state index contributed by atoms with van der Waals surface area (Å²) in [5, 5.41) is 0. The molecule has 0 aromatic carbocycles. The van der Waals surface area contributed by atoms with Gasteiger partial charge in [0, 0.05) is 17.8 Å². The molecule has 0 amide bonds. The van der Waals surface area contributed by atoms with E-state index in [-0.39, 0.29) is 5.41 Å². The number of ketones is 1. The van der Waals surface area contributed by atoms with Crippen molar-refractivity contribution >= 4 is 5.78 Å². The number of carbonyl (C=O) groups is 1. The van der Waals surface area contributed by atoms with Crippen LogP contribution in [0.1, 0.15) is 46.5 Å². The van der Waals surface area contributed by atoms with Gasteiger partial charge in [-0.05, 0) is 36.5 Å². The molecule has 0 radical (unpaired) electrons. The molecule has 3 fully saturated rings. The van der Waals surface area contributed by atoms with E-state index in [2.05, 4.69) is 27.4 Å². The first-order chi connectivity index (χ1) is 7.39. The molecule has 0 unspecified atom stereocenters. The maximum absolute atomic E-state index is 12.2. The van der Waals surface area contributed by atoms with E-state index in [1.807, 2.05) is 0 Å². The van der Waals surface area contributed by atoms with Gasteiger partial charge >= 0.3 is 0 Å². The van der Waals surface area contributed by atoms with Crippen LogP contribution in [-0.2, 0) is 4.79 Å². The Balaban J connectivity index is 2.17. The average molecular weight is 218 g/mol. The Labute approximate surface area is 98.3 Å². The van der Waals surface area contributed by atoms with E-state index in [0.29, 0.717) is 35.4 Å². The molecule has 3 aliphatic rings. The molecular weight excluding hydrogens is 196 g/mol. The summed E-state index contributed by atoms with van der Waals surface area (Å²) in [5.41, 5.74) is 1.78. The molecule has 16 heavy (non-hydrogen) atoms. The lowest BCUT2D eigenvalue weighted by atomic mass is 9.62. The van der Waals surface area contributed by atoms with Crippen LogP contribution in [0.2, 0.25) is 0 Å². The van der Waals surface area contributed by atoms with Crippen molar-refractivity contribution in [1.29, 1.82) is 0 Å². The second kappa shape index (κ2) is 2.80. The number of rotatable bonds is 0. The van der Waals surface area contributed by atoms with E-state index in [1.54, 1.807) is 0 Å². The van der Waals surface area contributed by atoms with Gasteiger partial charge in [0.1, 0.15) is 5.78 Å². The molecule has 0 aliphatic heterocycles. The number of Topliss-reactive ketones (excluding diaryl/α,β-unsaturated/α-hetero) is 1. The quantitative estimate of drug-likeness (QED) is 0.568. The van der Waals surface area contributed by atoms with Gasteiger partial charge in [0.25, 0.3) is 0 Å². The van der Waals surface area contributed by atoms with Gasteiger partial charge < -0.3 is 0 Å². The van der Waals surface area contributed by atoms with Crippen molar-refractivity contribution in [3.63, 3.8) is 0 Å². The lowest BCUT2D eigenvalue weighted by Crippen LogP contribution is -2.38. The Hall–Kier alpha value is -0.590. The Morgan fingerprint density at radius 1 is 1.31 bits per heavy atom. The molecular formula is C15H22O. The molecule has 3 rings (SSSR count). The first-order valence-corrected chi connectivity index (χ1v) is 6.60. The molecule has 4 atom stereocenters. The Morgan fingerprint density at radius 2 is 2.00 bits per heavy atom. The van der Waals surface area contributed by atoms with E-state index in [0.717, 1.165) is 0 Å². The number of carbonyl (C=O) groups excluding carboxylic acids is 1. The van der Waals surface area contributed by atoms with Crippen LogP contribution in [0, 0.1) is 28.6 Å². The van der Waals surface area contributed by atoms with Crippen LogP contribution < -0.4 is 0 Å². The van der Waals surface area contributed by atoms with Crippen molar-refractivity contribution in [2.24, 2.45) is 28.6 Å². The topological polar surface area (TPSA) is 17.1 Å². The van der Waals surface area contributed by atoms with E-state index in [4.69, 9.17) is 0 Å². The van der Waals surface area contributed by atoms with Crippen LogP contribution in [0.25, 0.3) is 0 Å². The van der Waals surface area contributed by atoms with Crippen molar-refractivity contribution in [1.82, 2.24) is 0 Å². The van der Waals surface area contributed by atoms with Gasteiger partial charge in [0.15, 0.2) is 0 Å². The summed E-state index contributed by atoms with van der Waals surface area (Å²) in [7, 11) is 0. The van der Waals surface area contributed by atoms with Crippen molar-refractivity contribution in [3.05, 3.63) is 12.2 Å². The highest BCUT2D eigenvalue weighted by molar-refractivity contribution is 5.89. The molecule has 0 aromatic heterocycles.